The van der Waals surface area contributed by atoms with Gasteiger partial charge < -0.3 is 4.90 Å². The van der Waals surface area contributed by atoms with E-state index in [1.165, 1.54) is 11.0 Å². The van der Waals surface area contributed by atoms with Gasteiger partial charge in [0.2, 0.25) is 0 Å². The fourth-order valence-electron chi connectivity index (χ4n) is 2.77. The summed E-state index contributed by atoms with van der Waals surface area (Å²) in [4.78, 5) is 35.1. The van der Waals surface area contributed by atoms with Gasteiger partial charge in [-0.05, 0) is 23.8 Å². The molecule has 8 nitrogen and oxygen atoms in total. The van der Waals surface area contributed by atoms with Gasteiger partial charge in [-0.2, -0.15) is 0 Å². The molecular formula is C20H15N3O5. The number of para-hydroxylation sites is 1. The minimum Gasteiger partial charge on any atom is -0.304 e. The van der Waals surface area contributed by atoms with Crippen molar-refractivity contribution < 1.29 is 14.6 Å². The van der Waals surface area contributed by atoms with Gasteiger partial charge in [-0.25, -0.2) is 0 Å². The highest BCUT2D eigenvalue weighted by Crippen LogP contribution is 2.29. The summed E-state index contributed by atoms with van der Waals surface area (Å²) in [5, 5.41) is 22.2. The van der Waals surface area contributed by atoms with Crippen molar-refractivity contribution in [3.63, 3.8) is 0 Å². The van der Waals surface area contributed by atoms with Crippen LogP contribution in [0, 0.1) is 20.2 Å². The number of hydrogen-bond acceptors (Lipinski definition) is 5. The predicted molar refractivity (Wildman–Crippen MR) is 103 cm³/mol. The Morgan fingerprint density at radius 1 is 0.786 bits per heavy atom. The molecule has 3 aromatic rings. The normalized spacial score (nSPS) is 10.3. The number of benzene rings is 3. The molecule has 0 fully saturated rings. The Balaban J connectivity index is 2.03. The standard InChI is InChI=1S/C20H15N3O5/c24-20(16-11-12-18(22(25)26)19(13-16)23(27)28)21(17-9-5-2-6-10-17)14-15-7-3-1-4-8-15/h1-13H,14H2. The van der Waals surface area contributed by atoms with Crippen molar-refractivity contribution in [2.24, 2.45) is 0 Å². The Bertz CT molecular complexity index is 1020. The van der Waals surface area contributed by atoms with Gasteiger partial charge in [0.1, 0.15) is 0 Å². The fourth-order valence-corrected chi connectivity index (χ4v) is 2.77. The van der Waals surface area contributed by atoms with Gasteiger partial charge in [-0.15, -0.1) is 0 Å². The first-order valence-electron chi connectivity index (χ1n) is 8.31. The lowest BCUT2D eigenvalue weighted by Crippen LogP contribution is -2.30. The predicted octanol–water partition coefficient (Wildman–Crippen LogP) is 4.35. The van der Waals surface area contributed by atoms with Gasteiger partial charge in [0.15, 0.2) is 0 Å². The van der Waals surface area contributed by atoms with E-state index in [-0.39, 0.29) is 12.1 Å². The molecular weight excluding hydrogens is 362 g/mol. The molecule has 0 aliphatic rings. The summed E-state index contributed by atoms with van der Waals surface area (Å²) in [6, 6.07) is 21.3. The number of rotatable bonds is 6. The summed E-state index contributed by atoms with van der Waals surface area (Å²) < 4.78 is 0. The zero-order valence-electron chi connectivity index (χ0n) is 14.6. The van der Waals surface area contributed by atoms with Crippen molar-refractivity contribution in [2.45, 2.75) is 6.54 Å². The molecule has 0 N–H and O–H groups in total. The molecule has 0 radical (unpaired) electrons. The smallest absolute Gasteiger partial charge is 0.304 e. The third kappa shape index (κ3) is 4.01. The molecule has 0 saturated heterocycles. The average Bonchev–Trinajstić information content (AvgIpc) is 2.72. The number of nitro groups is 2. The van der Waals surface area contributed by atoms with E-state index >= 15 is 0 Å². The highest BCUT2D eigenvalue weighted by atomic mass is 16.6. The topological polar surface area (TPSA) is 107 Å². The Hall–Kier alpha value is -4.07. The summed E-state index contributed by atoms with van der Waals surface area (Å²) in [6.07, 6.45) is 0. The molecule has 0 unspecified atom stereocenters. The maximum absolute atomic E-state index is 13.1. The molecule has 0 spiro atoms. The van der Waals surface area contributed by atoms with Gasteiger partial charge in [0.25, 0.3) is 5.91 Å². The van der Waals surface area contributed by atoms with Crippen LogP contribution in [0.15, 0.2) is 78.9 Å². The van der Waals surface area contributed by atoms with E-state index in [4.69, 9.17) is 0 Å². The molecule has 0 atom stereocenters. The largest absolute Gasteiger partial charge is 0.346 e. The van der Waals surface area contributed by atoms with Crippen molar-refractivity contribution in [2.75, 3.05) is 4.90 Å². The molecule has 0 aliphatic carbocycles. The Labute approximate surface area is 160 Å². The number of nitro benzene ring substituents is 2. The highest BCUT2D eigenvalue weighted by molar-refractivity contribution is 6.06. The average molecular weight is 377 g/mol. The molecule has 8 heteroatoms. The van der Waals surface area contributed by atoms with E-state index in [9.17, 15) is 25.0 Å². The van der Waals surface area contributed by atoms with Crippen LogP contribution in [-0.4, -0.2) is 15.8 Å². The number of hydrogen-bond donors (Lipinski definition) is 0. The van der Waals surface area contributed by atoms with Gasteiger partial charge in [0, 0.05) is 23.4 Å². The third-order valence-electron chi connectivity index (χ3n) is 4.11. The Kier molecular flexibility index (Phi) is 5.40. The highest BCUT2D eigenvalue weighted by Gasteiger charge is 2.27. The number of carbonyl (C=O) groups is 1. The van der Waals surface area contributed by atoms with Crippen LogP contribution in [0.4, 0.5) is 17.1 Å². The van der Waals surface area contributed by atoms with Crippen LogP contribution in [-0.2, 0) is 6.54 Å². The van der Waals surface area contributed by atoms with Crippen LogP contribution in [0.3, 0.4) is 0 Å². The Morgan fingerprint density at radius 3 is 1.93 bits per heavy atom. The van der Waals surface area contributed by atoms with Crippen molar-refractivity contribution in [3.05, 3.63) is 110 Å². The molecule has 140 valence electrons. The quantitative estimate of drug-likeness (QED) is 0.469. The van der Waals surface area contributed by atoms with Crippen molar-refractivity contribution in [1.29, 1.82) is 0 Å². The molecule has 0 aromatic heterocycles. The lowest BCUT2D eigenvalue weighted by atomic mass is 10.1. The first-order chi connectivity index (χ1) is 13.5. The lowest BCUT2D eigenvalue weighted by molar-refractivity contribution is -0.422. The summed E-state index contributed by atoms with van der Waals surface area (Å²) in [7, 11) is 0. The van der Waals surface area contributed by atoms with Gasteiger partial charge in [0.05, 0.1) is 16.4 Å². The van der Waals surface area contributed by atoms with E-state index in [1.807, 2.05) is 36.4 Å². The first kappa shape index (κ1) is 18.7. The molecule has 28 heavy (non-hydrogen) atoms. The third-order valence-corrected chi connectivity index (χ3v) is 4.11. The Morgan fingerprint density at radius 2 is 1.36 bits per heavy atom. The fraction of sp³-hybridized carbons (Fsp3) is 0.0500. The van der Waals surface area contributed by atoms with Crippen molar-refractivity contribution in [3.8, 4) is 0 Å². The SMILES string of the molecule is O=C(c1ccc([N+](=O)[O-])c([N+](=O)[O-])c1)N(Cc1ccccc1)c1ccccc1. The van der Waals surface area contributed by atoms with Crippen LogP contribution in [0.1, 0.15) is 15.9 Å². The van der Waals surface area contributed by atoms with Crippen molar-refractivity contribution in [1.82, 2.24) is 0 Å². The summed E-state index contributed by atoms with van der Waals surface area (Å²) >= 11 is 0. The van der Waals surface area contributed by atoms with Crippen LogP contribution in [0.5, 0.6) is 0 Å². The number of anilines is 1. The summed E-state index contributed by atoms with van der Waals surface area (Å²) in [5.41, 5.74) is 0.102. The van der Waals surface area contributed by atoms with E-state index in [0.29, 0.717) is 5.69 Å². The second-order valence-electron chi connectivity index (χ2n) is 5.93. The summed E-state index contributed by atoms with van der Waals surface area (Å²) in [6.45, 7) is 0.245. The maximum atomic E-state index is 13.1. The minimum absolute atomic E-state index is 0.00270. The van der Waals surface area contributed by atoms with E-state index in [2.05, 4.69) is 0 Å². The van der Waals surface area contributed by atoms with Crippen LogP contribution in [0.25, 0.3) is 0 Å². The number of carbonyl (C=O) groups excluding carboxylic acids is 1. The van der Waals surface area contributed by atoms with Crippen LogP contribution >= 0.6 is 0 Å². The zero-order valence-corrected chi connectivity index (χ0v) is 14.6. The van der Waals surface area contributed by atoms with Crippen LogP contribution < -0.4 is 4.90 Å². The minimum atomic E-state index is -0.862. The second-order valence-corrected chi connectivity index (χ2v) is 5.93. The van der Waals surface area contributed by atoms with E-state index < -0.39 is 27.1 Å². The first-order valence-corrected chi connectivity index (χ1v) is 8.31. The van der Waals surface area contributed by atoms with Gasteiger partial charge in [-0.3, -0.25) is 25.0 Å². The molecule has 3 aromatic carbocycles. The lowest BCUT2D eigenvalue weighted by Gasteiger charge is -2.23. The van der Waals surface area contributed by atoms with Gasteiger partial charge >= 0.3 is 11.4 Å². The molecule has 0 saturated carbocycles. The maximum Gasteiger partial charge on any atom is 0.346 e. The molecule has 0 bridgehead atoms. The molecule has 0 heterocycles. The molecule has 0 aliphatic heterocycles. The molecule has 3 rings (SSSR count). The second kappa shape index (κ2) is 8.09. The van der Waals surface area contributed by atoms with E-state index in [1.54, 1.807) is 24.3 Å². The van der Waals surface area contributed by atoms with Crippen molar-refractivity contribution >= 4 is 23.0 Å². The zero-order chi connectivity index (χ0) is 20.1. The van der Waals surface area contributed by atoms with Crippen LogP contribution in [0.2, 0.25) is 0 Å². The number of nitrogens with zero attached hydrogens (tertiary/aromatic N) is 3. The number of amides is 1. The molecule has 1 amide bonds. The monoisotopic (exact) mass is 377 g/mol. The van der Waals surface area contributed by atoms with E-state index in [0.717, 1.165) is 17.7 Å². The van der Waals surface area contributed by atoms with Gasteiger partial charge in [-0.1, -0.05) is 48.5 Å². The summed E-state index contributed by atoms with van der Waals surface area (Å²) in [5.74, 6) is -0.493.